The first-order chi connectivity index (χ1) is 10.2. The molecular weight excluding hydrogens is 289 g/mol. The van der Waals surface area contributed by atoms with Gasteiger partial charge in [-0.05, 0) is 29.8 Å². The van der Waals surface area contributed by atoms with Gasteiger partial charge in [-0.15, -0.1) is 0 Å². The molecule has 0 amide bonds. The van der Waals surface area contributed by atoms with Crippen LogP contribution in [-0.4, -0.2) is 36.1 Å². The molecule has 21 heavy (non-hydrogen) atoms. The fourth-order valence-corrected chi connectivity index (χ4v) is 2.86. The quantitative estimate of drug-likeness (QED) is 0.868. The predicted molar refractivity (Wildman–Crippen MR) is 83.1 cm³/mol. The highest BCUT2D eigenvalue weighted by atomic mass is 35.5. The SMILES string of the molecule is Fc1cccc(CN2CCN(c3ncccc3Cl)CC2)c1. The van der Waals surface area contributed by atoms with Crippen LogP contribution in [0.1, 0.15) is 5.56 Å². The van der Waals surface area contributed by atoms with Crippen molar-refractivity contribution < 1.29 is 4.39 Å². The van der Waals surface area contributed by atoms with Crippen LogP contribution in [0, 0.1) is 5.82 Å². The molecule has 0 unspecified atom stereocenters. The Kier molecular flexibility index (Phi) is 4.36. The van der Waals surface area contributed by atoms with E-state index < -0.39 is 0 Å². The summed E-state index contributed by atoms with van der Waals surface area (Å²) in [5, 5.41) is 0.691. The van der Waals surface area contributed by atoms with E-state index in [1.165, 1.54) is 6.07 Å². The zero-order chi connectivity index (χ0) is 14.7. The zero-order valence-electron chi connectivity index (χ0n) is 11.7. The van der Waals surface area contributed by atoms with Crippen LogP contribution in [0.3, 0.4) is 0 Å². The Morgan fingerprint density at radius 3 is 2.62 bits per heavy atom. The Morgan fingerprint density at radius 2 is 1.90 bits per heavy atom. The van der Waals surface area contributed by atoms with Gasteiger partial charge in [0.2, 0.25) is 0 Å². The Bertz CT molecular complexity index is 612. The average molecular weight is 306 g/mol. The van der Waals surface area contributed by atoms with Gasteiger partial charge in [-0.1, -0.05) is 23.7 Å². The molecule has 1 aliphatic rings. The number of rotatable bonds is 3. The van der Waals surface area contributed by atoms with E-state index in [0.29, 0.717) is 5.02 Å². The lowest BCUT2D eigenvalue weighted by atomic mass is 10.2. The van der Waals surface area contributed by atoms with Gasteiger partial charge in [0.1, 0.15) is 11.6 Å². The Labute approximate surface area is 129 Å². The Balaban J connectivity index is 1.59. The van der Waals surface area contributed by atoms with Crippen molar-refractivity contribution in [2.75, 3.05) is 31.1 Å². The van der Waals surface area contributed by atoms with Gasteiger partial charge in [0, 0.05) is 38.9 Å². The lowest BCUT2D eigenvalue weighted by Gasteiger charge is -2.35. The van der Waals surface area contributed by atoms with Crippen LogP contribution in [0.15, 0.2) is 42.6 Å². The van der Waals surface area contributed by atoms with Gasteiger partial charge >= 0.3 is 0 Å². The van der Waals surface area contributed by atoms with Gasteiger partial charge in [0.15, 0.2) is 0 Å². The van der Waals surface area contributed by atoms with E-state index in [2.05, 4.69) is 14.8 Å². The van der Waals surface area contributed by atoms with E-state index in [1.807, 2.05) is 18.2 Å². The molecule has 0 radical (unpaired) electrons. The number of benzene rings is 1. The molecule has 1 aliphatic heterocycles. The number of pyridine rings is 1. The maximum absolute atomic E-state index is 13.2. The molecule has 0 atom stereocenters. The van der Waals surface area contributed by atoms with Crippen molar-refractivity contribution in [1.29, 1.82) is 0 Å². The molecule has 0 saturated carbocycles. The minimum absolute atomic E-state index is 0.175. The smallest absolute Gasteiger partial charge is 0.147 e. The third-order valence-electron chi connectivity index (χ3n) is 3.71. The summed E-state index contributed by atoms with van der Waals surface area (Å²) in [5.41, 5.74) is 1.01. The van der Waals surface area contributed by atoms with Crippen molar-refractivity contribution in [2.45, 2.75) is 6.54 Å². The second-order valence-corrected chi connectivity index (χ2v) is 5.61. The molecule has 3 rings (SSSR count). The van der Waals surface area contributed by atoms with E-state index in [-0.39, 0.29) is 5.82 Å². The van der Waals surface area contributed by atoms with Crippen LogP contribution < -0.4 is 4.90 Å². The Morgan fingerprint density at radius 1 is 1.10 bits per heavy atom. The number of anilines is 1. The predicted octanol–water partition coefficient (Wildman–Crippen LogP) is 3.20. The minimum Gasteiger partial charge on any atom is -0.353 e. The summed E-state index contributed by atoms with van der Waals surface area (Å²) in [6.07, 6.45) is 1.76. The number of hydrogen-bond acceptors (Lipinski definition) is 3. The molecule has 1 fully saturated rings. The van der Waals surface area contributed by atoms with Crippen LogP contribution >= 0.6 is 11.6 Å². The lowest BCUT2D eigenvalue weighted by molar-refractivity contribution is 0.249. The van der Waals surface area contributed by atoms with Crippen LogP contribution in [0.25, 0.3) is 0 Å². The molecule has 2 heterocycles. The zero-order valence-corrected chi connectivity index (χ0v) is 12.4. The van der Waals surface area contributed by atoms with Crippen molar-refractivity contribution >= 4 is 17.4 Å². The molecule has 110 valence electrons. The topological polar surface area (TPSA) is 19.4 Å². The molecule has 0 spiro atoms. The number of piperazine rings is 1. The first-order valence-electron chi connectivity index (χ1n) is 7.04. The van der Waals surface area contributed by atoms with Crippen molar-refractivity contribution in [1.82, 2.24) is 9.88 Å². The lowest BCUT2D eigenvalue weighted by Crippen LogP contribution is -2.46. The highest BCUT2D eigenvalue weighted by Gasteiger charge is 2.19. The summed E-state index contributed by atoms with van der Waals surface area (Å²) in [6.45, 7) is 4.38. The van der Waals surface area contributed by atoms with Crippen molar-refractivity contribution in [3.8, 4) is 0 Å². The van der Waals surface area contributed by atoms with Gasteiger partial charge in [0.05, 0.1) is 5.02 Å². The van der Waals surface area contributed by atoms with Gasteiger partial charge in [-0.25, -0.2) is 9.37 Å². The highest BCUT2D eigenvalue weighted by Crippen LogP contribution is 2.23. The largest absolute Gasteiger partial charge is 0.353 e. The molecule has 1 aromatic heterocycles. The van der Waals surface area contributed by atoms with Crippen molar-refractivity contribution in [2.24, 2.45) is 0 Å². The van der Waals surface area contributed by atoms with E-state index >= 15 is 0 Å². The Hall–Kier alpha value is -1.65. The second-order valence-electron chi connectivity index (χ2n) is 5.20. The first-order valence-corrected chi connectivity index (χ1v) is 7.42. The molecule has 0 aliphatic carbocycles. The maximum atomic E-state index is 13.2. The summed E-state index contributed by atoms with van der Waals surface area (Å²) in [5.74, 6) is 0.677. The van der Waals surface area contributed by atoms with Gasteiger partial charge < -0.3 is 4.90 Å². The van der Waals surface area contributed by atoms with E-state index in [9.17, 15) is 4.39 Å². The summed E-state index contributed by atoms with van der Waals surface area (Å²) in [7, 11) is 0. The fraction of sp³-hybridized carbons (Fsp3) is 0.312. The van der Waals surface area contributed by atoms with Crippen molar-refractivity contribution in [3.63, 3.8) is 0 Å². The second kappa shape index (κ2) is 6.41. The average Bonchev–Trinajstić information content (AvgIpc) is 2.49. The van der Waals surface area contributed by atoms with Crippen LogP contribution in [0.4, 0.5) is 10.2 Å². The van der Waals surface area contributed by atoms with Crippen LogP contribution in [0.5, 0.6) is 0 Å². The van der Waals surface area contributed by atoms with Gasteiger partial charge in [-0.3, -0.25) is 4.90 Å². The van der Waals surface area contributed by atoms with E-state index in [4.69, 9.17) is 11.6 Å². The third kappa shape index (κ3) is 3.52. The molecule has 0 N–H and O–H groups in total. The third-order valence-corrected chi connectivity index (χ3v) is 4.00. The normalized spacial score (nSPS) is 16.2. The summed E-state index contributed by atoms with van der Waals surface area (Å²) in [4.78, 5) is 8.87. The first kappa shape index (κ1) is 14.3. The molecule has 1 saturated heterocycles. The molecule has 3 nitrogen and oxygen atoms in total. The minimum atomic E-state index is -0.175. The van der Waals surface area contributed by atoms with Crippen LogP contribution in [-0.2, 0) is 6.54 Å². The monoisotopic (exact) mass is 305 g/mol. The standard InChI is InChI=1S/C16H17ClFN3/c17-15-5-2-6-19-16(15)21-9-7-20(8-10-21)12-13-3-1-4-14(18)11-13/h1-6,11H,7-10,12H2. The summed E-state index contributed by atoms with van der Waals surface area (Å²) < 4.78 is 13.2. The molecule has 0 bridgehead atoms. The van der Waals surface area contributed by atoms with E-state index in [0.717, 1.165) is 44.1 Å². The number of nitrogens with zero attached hydrogens (tertiary/aromatic N) is 3. The molecule has 5 heteroatoms. The van der Waals surface area contributed by atoms with Gasteiger partial charge in [0.25, 0.3) is 0 Å². The van der Waals surface area contributed by atoms with Gasteiger partial charge in [-0.2, -0.15) is 0 Å². The molecular formula is C16H17ClFN3. The summed E-state index contributed by atoms with van der Waals surface area (Å²) >= 11 is 6.18. The van der Waals surface area contributed by atoms with Crippen molar-refractivity contribution in [3.05, 3.63) is 59.0 Å². The number of hydrogen-bond donors (Lipinski definition) is 0. The molecule has 1 aromatic carbocycles. The number of halogens is 2. The fourth-order valence-electron chi connectivity index (χ4n) is 2.62. The number of aromatic nitrogens is 1. The highest BCUT2D eigenvalue weighted by molar-refractivity contribution is 6.32. The summed E-state index contributed by atoms with van der Waals surface area (Å²) in [6, 6.07) is 10.5. The maximum Gasteiger partial charge on any atom is 0.147 e. The van der Waals surface area contributed by atoms with E-state index in [1.54, 1.807) is 18.3 Å². The van der Waals surface area contributed by atoms with Crippen LogP contribution in [0.2, 0.25) is 5.02 Å². The molecule has 2 aromatic rings.